The molecule has 1 aliphatic heterocycles. The summed E-state index contributed by atoms with van der Waals surface area (Å²) in [6, 6.07) is 13.7. The monoisotopic (exact) mass is 354 g/mol. The molecule has 0 N–H and O–H groups in total. The van der Waals surface area contributed by atoms with Crippen LogP contribution in [0.25, 0.3) is 5.69 Å². The van der Waals surface area contributed by atoms with Crippen molar-refractivity contribution in [3.63, 3.8) is 0 Å². The van der Waals surface area contributed by atoms with Gasteiger partial charge < -0.3 is 4.90 Å². The maximum Gasteiger partial charge on any atom is 0.280 e. The molecule has 7 heteroatoms. The Morgan fingerprint density at radius 2 is 1.92 bits per heavy atom. The van der Waals surface area contributed by atoms with Crippen LogP contribution < -0.4 is 4.90 Å². The summed E-state index contributed by atoms with van der Waals surface area (Å²) in [6.45, 7) is 0.645. The summed E-state index contributed by atoms with van der Waals surface area (Å²) >= 11 is 1.76. The Morgan fingerprint density at radius 3 is 2.76 bits per heavy atom. The molecule has 0 bridgehead atoms. The van der Waals surface area contributed by atoms with E-state index in [4.69, 9.17) is 0 Å². The van der Waals surface area contributed by atoms with Crippen molar-refractivity contribution in [2.24, 2.45) is 0 Å². The molecular weight excluding hydrogens is 339 g/mol. The highest BCUT2D eigenvalue weighted by molar-refractivity contribution is 7.99. The molecule has 4 rings (SSSR count). The molecule has 0 saturated heterocycles. The molecule has 2 heterocycles. The SMILES string of the molecule is O=C(c1cnn(-c2ccc(F)cc2)n1)N1CCCSc2ccccc21. The van der Waals surface area contributed by atoms with E-state index in [1.807, 2.05) is 24.3 Å². The summed E-state index contributed by atoms with van der Waals surface area (Å²) in [5.41, 5.74) is 1.78. The maximum atomic E-state index is 13.0. The third kappa shape index (κ3) is 3.15. The van der Waals surface area contributed by atoms with Crippen LogP contribution >= 0.6 is 11.8 Å². The van der Waals surface area contributed by atoms with Gasteiger partial charge in [0.25, 0.3) is 5.91 Å². The first-order chi connectivity index (χ1) is 12.2. The van der Waals surface area contributed by atoms with Gasteiger partial charge in [0.2, 0.25) is 0 Å². The van der Waals surface area contributed by atoms with E-state index in [2.05, 4.69) is 10.2 Å². The topological polar surface area (TPSA) is 51.0 Å². The number of benzene rings is 2. The fourth-order valence-corrected chi connectivity index (χ4v) is 3.73. The lowest BCUT2D eigenvalue weighted by atomic mass is 10.2. The van der Waals surface area contributed by atoms with Crippen molar-refractivity contribution in [3.05, 3.63) is 66.2 Å². The first kappa shape index (κ1) is 15.8. The number of halogens is 1. The predicted molar refractivity (Wildman–Crippen MR) is 94.8 cm³/mol. The van der Waals surface area contributed by atoms with Gasteiger partial charge in [0.1, 0.15) is 5.82 Å². The van der Waals surface area contributed by atoms with Crippen molar-refractivity contribution in [3.8, 4) is 5.69 Å². The molecule has 0 fully saturated rings. The van der Waals surface area contributed by atoms with Gasteiger partial charge in [0.15, 0.2) is 5.69 Å². The Morgan fingerprint density at radius 1 is 1.12 bits per heavy atom. The van der Waals surface area contributed by atoms with Crippen LogP contribution in [0, 0.1) is 5.82 Å². The van der Waals surface area contributed by atoms with Gasteiger partial charge in [-0.15, -0.1) is 16.9 Å². The van der Waals surface area contributed by atoms with Gasteiger partial charge in [0, 0.05) is 11.4 Å². The summed E-state index contributed by atoms with van der Waals surface area (Å²) in [5.74, 6) is 0.470. The van der Waals surface area contributed by atoms with E-state index in [1.165, 1.54) is 23.1 Å². The zero-order valence-electron chi connectivity index (χ0n) is 13.3. The Kier molecular flexibility index (Phi) is 4.23. The summed E-state index contributed by atoms with van der Waals surface area (Å²) in [4.78, 5) is 17.1. The minimum Gasteiger partial charge on any atom is -0.306 e. The number of anilines is 1. The lowest BCUT2D eigenvalue weighted by Crippen LogP contribution is -2.32. The van der Waals surface area contributed by atoms with Crippen molar-refractivity contribution < 1.29 is 9.18 Å². The number of carbonyl (C=O) groups excluding carboxylic acids is 1. The molecule has 126 valence electrons. The molecule has 0 radical (unpaired) electrons. The number of fused-ring (bicyclic) bond motifs is 1. The molecule has 0 saturated carbocycles. The number of carbonyl (C=O) groups is 1. The van der Waals surface area contributed by atoms with Crippen LogP contribution in [0.1, 0.15) is 16.9 Å². The number of amides is 1. The minimum atomic E-state index is -0.328. The third-order valence-electron chi connectivity index (χ3n) is 3.95. The van der Waals surface area contributed by atoms with E-state index in [0.29, 0.717) is 12.2 Å². The quantitative estimate of drug-likeness (QED) is 0.706. The second-order valence-electron chi connectivity index (χ2n) is 5.62. The number of hydrogen-bond donors (Lipinski definition) is 0. The van der Waals surface area contributed by atoms with E-state index >= 15 is 0 Å². The number of thioether (sulfide) groups is 1. The van der Waals surface area contributed by atoms with Crippen molar-refractivity contribution in [2.75, 3.05) is 17.2 Å². The van der Waals surface area contributed by atoms with E-state index in [0.717, 1.165) is 22.8 Å². The minimum absolute atomic E-state index is 0.177. The predicted octanol–water partition coefficient (Wildman–Crippen LogP) is 3.55. The molecule has 5 nitrogen and oxygen atoms in total. The Bertz CT molecular complexity index is 909. The van der Waals surface area contributed by atoms with E-state index in [1.54, 1.807) is 28.8 Å². The van der Waals surface area contributed by atoms with Crippen LogP contribution in [0.15, 0.2) is 59.6 Å². The Hall–Kier alpha value is -2.67. The van der Waals surface area contributed by atoms with Crippen LogP contribution in [0.4, 0.5) is 10.1 Å². The van der Waals surface area contributed by atoms with Gasteiger partial charge in [-0.1, -0.05) is 12.1 Å². The van der Waals surface area contributed by atoms with Crippen molar-refractivity contribution in [1.29, 1.82) is 0 Å². The second kappa shape index (κ2) is 6.68. The summed E-state index contributed by atoms with van der Waals surface area (Å²) in [6.07, 6.45) is 2.36. The number of aromatic nitrogens is 3. The van der Waals surface area contributed by atoms with Crippen LogP contribution in [-0.4, -0.2) is 33.2 Å². The normalized spacial score (nSPS) is 14.0. The molecule has 0 atom stereocenters. The molecule has 25 heavy (non-hydrogen) atoms. The summed E-state index contributed by atoms with van der Waals surface area (Å²) in [7, 11) is 0. The van der Waals surface area contributed by atoms with Gasteiger partial charge >= 0.3 is 0 Å². The van der Waals surface area contributed by atoms with Gasteiger partial charge in [-0.2, -0.15) is 9.90 Å². The van der Waals surface area contributed by atoms with Crippen LogP contribution in [-0.2, 0) is 0 Å². The summed E-state index contributed by atoms with van der Waals surface area (Å²) < 4.78 is 13.0. The van der Waals surface area contributed by atoms with Crippen molar-refractivity contribution in [1.82, 2.24) is 15.0 Å². The fourth-order valence-electron chi connectivity index (χ4n) is 2.74. The first-order valence-corrected chi connectivity index (χ1v) is 8.93. The molecule has 0 unspecified atom stereocenters. The molecular formula is C18H15FN4OS. The van der Waals surface area contributed by atoms with Gasteiger partial charge in [-0.3, -0.25) is 4.79 Å². The molecule has 0 spiro atoms. The molecule has 0 aliphatic carbocycles. The van der Waals surface area contributed by atoms with Gasteiger partial charge in [-0.05, 0) is 48.6 Å². The number of para-hydroxylation sites is 1. The Labute approximate surface area is 148 Å². The van der Waals surface area contributed by atoms with E-state index < -0.39 is 0 Å². The van der Waals surface area contributed by atoms with Gasteiger partial charge in [-0.25, -0.2) is 4.39 Å². The fraction of sp³-hybridized carbons (Fsp3) is 0.167. The highest BCUT2D eigenvalue weighted by atomic mass is 32.2. The first-order valence-electron chi connectivity index (χ1n) is 7.94. The molecule has 3 aromatic rings. The van der Waals surface area contributed by atoms with Crippen molar-refractivity contribution >= 4 is 23.4 Å². The lowest BCUT2D eigenvalue weighted by Gasteiger charge is -2.21. The van der Waals surface area contributed by atoms with Crippen molar-refractivity contribution in [2.45, 2.75) is 11.3 Å². The second-order valence-corrected chi connectivity index (χ2v) is 6.76. The third-order valence-corrected chi connectivity index (χ3v) is 5.10. The highest BCUT2D eigenvalue weighted by Crippen LogP contribution is 2.34. The lowest BCUT2D eigenvalue weighted by molar-refractivity contribution is 0.0981. The smallest absolute Gasteiger partial charge is 0.280 e. The molecule has 1 amide bonds. The van der Waals surface area contributed by atoms with Crippen LogP contribution in [0.2, 0.25) is 0 Å². The number of rotatable bonds is 2. The zero-order valence-corrected chi connectivity index (χ0v) is 14.1. The van der Waals surface area contributed by atoms with E-state index in [-0.39, 0.29) is 17.4 Å². The molecule has 2 aromatic carbocycles. The van der Waals surface area contributed by atoms with Crippen LogP contribution in [0.3, 0.4) is 0 Å². The number of hydrogen-bond acceptors (Lipinski definition) is 4. The Balaban J connectivity index is 1.64. The van der Waals surface area contributed by atoms with E-state index in [9.17, 15) is 9.18 Å². The largest absolute Gasteiger partial charge is 0.306 e. The number of nitrogens with zero attached hydrogens (tertiary/aromatic N) is 4. The average Bonchev–Trinajstić information content (AvgIpc) is 3.03. The average molecular weight is 354 g/mol. The molecule has 1 aromatic heterocycles. The standard InChI is InChI=1S/C18H15FN4OS/c19-13-6-8-14(9-7-13)23-20-12-15(21-23)18(24)22-10-3-11-25-17-5-2-1-4-16(17)22/h1-2,4-9,12H,3,10-11H2. The van der Waals surface area contributed by atoms with Crippen LogP contribution in [0.5, 0.6) is 0 Å². The van der Waals surface area contributed by atoms with Gasteiger partial charge in [0.05, 0.1) is 17.6 Å². The highest BCUT2D eigenvalue weighted by Gasteiger charge is 2.24. The maximum absolute atomic E-state index is 13.0. The zero-order chi connectivity index (χ0) is 17.2. The summed E-state index contributed by atoms with van der Waals surface area (Å²) in [5, 5.41) is 8.42. The molecule has 1 aliphatic rings.